The van der Waals surface area contributed by atoms with Crippen LogP contribution >= 0.6 is 11.8 Å². The Labute approximate surface area is 135 Å². The fourth-order valence-corrected chi connectivity index (χ4v) is 5.81. The van der Waals surface area contributed by atoms with Gasteiger partial charge in [0, 0.05) is 22.8 Å². The predicted molar refractivity (Wildman–Crippen MR) is 88.1 cm³/mol. The van der Waals surface area contributed by atoms with Crippen molar-refractivity contribution in [1.82, 2.24) is 0 Å². The normalized spacial score (nSPS) is 34.3. The average molecular weight is 318 g/mol. The molecule has 5 unspecified atom stereocenters. The molecule has 0 heterocycles. The maximum atomic E-state index is 12.3. The number of carbonyl (C=O) groups is 2. The maximum Gasteiger partial charge on any atom is 0.307 e. The van der Waals surface area contributed by atoms with Crippen LogP contribution < -0.4 is 0 Å². The molecule has 22 heavy (non-hydrogen) atoms. The van der Waals surface area contributed by atoms with E-state index in [1.54, 1.807) is 11.8 Å². The van der Waals surface area contributed by atoms with E-state index in [0.29, 0.717) is 18.8 Å². The van der Waals surface area contributed by atoms with Crippen molar-refractivity contribution >= 4 is 23.5 Å². The zero-order valence-corrected chi connectivity index (χ0v) is 13.8. The lowest BCUT2D eigenvalue weighted by Crippen LogP contribution is -2.20. The number of fused-ring (bicyclic) bond motifs is 1. The fraction of sp³-hybridized carbons (Fsp3) is 0.556. The number of carboxylic acid groups (broad SMARTS) is 1. The van der Waals surface area contributed by atoms with Crippen LogP contribution in [0.1, 0.15) is 38.2 Å². The van der Waals surface area contributed by atoms with Crippen molar-refractivity contribution in [3.05, 3.63) is 35.9 Å². The van der Waals surface area contributed by atoms with E-state index in [4.69, 9.17) is 0 Å². The number of benzene rings is 1. The quantitative estimate of drug-likeness (QED) is 0.871. The van der Waals surface area contributed by atoms with Crippen molar-refractivity contribution in [1.29, 1.82) is 0 Å². The van der Waals surface area contributed by atoms with Crippen molar-refractivity contribution in [2.24, 2.45) is 17.3 Å². The highest BCUT2D eigenvalue weighted by molar-refractivity contribution is 8.00. The number of Topliss-reactive ketones (excluding diaryl/α,β-unsaturated/α-hetero) is 1. The van der Waals surface area contributed by atoms with E-state index in [1.165, 1.54) is 5.56 Å². The van der Waals surface area contributed by atoms with Gasteiger partial charge in [0.1, 0.15) is 5.78 Å². The third-order valence-electron chi connectivity index (χ3n) is 5.49. The van der Waals surface area contributed by atoms with Gasteiger partial charge in [-0.1, -0.05) is 44.2 Å². The van der Waals surface area contributed by atoms with Gasteiger partial charge in [-0.2, -0.15) is 11.8 Å². The minimum atomic E-state index is -0.790. The zero-order valence-electron chi connectivity index (χ0n) is 13.0. The molecule has 2 aliphatic carbocycles. The Morgan fingerprint density at radius 1 is 1.41 bits per heavy atom. The van der Waals surface area contributed by atoms with Gasteiger partial charge in [-0.05, 0) is 23.8 Å². The number of hydrogen-bond donors (Lipinski definition) is 1. The van der Waals surface area contributed by atoms with Gasteiger partial charge in [-0.3, -0.25) is 9.59 Å². The van der Waals surface area contributed by atoms with Crippen LogP contribution in [0.25, 0.3) is 0 Å². The Hall–Kier alpha value is -1.29. The molecule has 4 heteroatoms. The summed E-state index contributed by atoms with van der Waals surface area (Å²) in [5, 5.41) is 9.57. The molecule has 2 saturated carbocycles. The molecule has 2 aliphatic rings. The number of carboxylic acids is 1. The van der Waals surface area contributed by atoms with Crippen molar-refractivity contribution in [3.63, 3.8) is 0 Å². The Balaban J connectivity index is 1.65. The third kappa shape index (κ3) is 2.28. The summed E-state index contributed by atoms with van der Waals surface area (Å²) in [6.07, 6.45) is 1.22. The molecule has 0 saturated heterocycles. The molecule has 118 valence electrons. The molecule has 0 aromatic heterocycles. The second-order valence-electron chi connectivity index (χ2n) is 6.55. The van der Waals surface area contributed by atoms with Gasteiger partial charge in [0.05, 0.1) is 5.92 Å². The van der Waals surface area contributed by atoms with Gasteiger partial charge < -0.3 is 5.11 Å². The second kappa shape index (κ2) is 5.73. The average Bonchev–Trinajstić information content (AvgIpc) is 3.14. The van der Waals surface area contributed by atoms with Gasteiger partial charge in [0.2, 0.25) is 0 Å². The summed E-state index contributed by atoms with van der Waals surface area (Å²) >= 11 is 1.79. The molecule has 0 spiro atoms. The fourth-order valence-electron chi connectivity index (χ4n) is 4.21. The number of carbonyl (C=O) groups excluding carboxylic acids is 1. The molecule has 1 aromatic carbocycles. The van der Waals surface area contributed by atoms with Crippen LogP contribution in [0.3, 0.4) is 0 Å². The lowest BCUT2D eigenvalue weighted by Gasteiger charge is -2.16. The largest absolute Gasteiger partial charge is 0.481 e. The van der Waals surface area contributed by atoms with E-state index in [2.05, 4.69) is 19.1 Å². The number of ketones is 1. The van der Waals surface area contributed by atoms with Crippen LogP contribution in [0.5, 0.6) is 0 Å². The van der Waals surface area contributed by atoms with Crippen LogP contribution in [-0.4, -0.2) is 27.9 Å². The smallest absolute Gasteiger partial charge is 0.307 e. The summed E-state index contributed by atoms with van der Waals surface area (Å²) in [5.41, 5.74) is 0.756. The Kier molecular flexibility index (Phi) is 4.06. The number of rotatable bonds is 6. The molecular formula is C18H22O3S. The number of thioether (sulfide) groups is 1. The maximum absolute atomic E-state index is 12.3. The highest BCUT2D eigenvalue weighted by Crippen LogP contribution is 2.70. The SMILES string of the molecule is CCC12C(=O)CC(SCC(C)c3ccccc3)C1C2C(=O)O. The molecule has 1 N–H and O–H groups in total. The lowest BCUT2D eigenvalue weighted by molar-refractivity contribution is -0.142. The third-order valence-corrected chi connectivity index (χ3v) is 7.07. The van der Waals surface area contributed by atoms with E-state index in [9.17, 15) is 14.7 Å². The predicted octanol–water partition coefficient (Wildman–Crippen LogP) is 3.59. The Morgan fingerprint density at radius 3 is 2.64 bits per heavy atom. The van der Waals surface area contributed by atoms with Crippen LogP contribution in [0.2, 0.25) is 0 Å². The highest BCUT2D eigenvalue weighted by Gasteiger charge is 2.77. The van der Waals surface area contributed by atoms with Gasteiger partial charge in [0.15, 0.2) is 0 Å². The van der Waals surface area contributed by atoms with Crippen molar-refractivity contribution in [3.8, 4) is 0 Å². The highest BCUT2D eigenvalue weighted by atomic mass is 32.2. The molecule has 0 bridgehead atoms. The van der Waals surface area contributed by atoms with Gasteiger partial charge in [-0.15, -0.1) is 0 Å². The van der Waals surface area contributed by atoms with E-state index in [-0.39, 0.29) is 17.0 Å². The Bertz CT molecular complexity index is 585. The second-order valence-corrected chi connectivity index (χ2v) is 7.82. The molecule has 0 aliphatic heterocycles. The van der Waals surface area contributed by atoms with Gasteiger partial charge >= 0.3 is 5.97 Å². The summed E-state index contributed by atoms with van der Waals surface area (Å²) in [6.45, 7) is 4.14. The van der Waals surface area contributed by atoms with Crippen molar-refractivity contribution in [2.45, 2.75) is 37.9 Å². The summed E-state index contributed by atoms with van der Waals surface area (Å²) in [4.78, 5) is 23.8. The molecule has 3 rings (SSSR count). The van der Waals surface area contributed by atoms with Gasteiger partial charge in [0.25, 0.3) is 0 Å². The summed E-state index contributed by atoms with van der Waals surface area (Å²) < 4.78 is 0. The summed E-state index contributed by atoms with van der Waals surface area (Å²) in [6, 6.07) is 10.3. The minimum Gasteiger partial charge on any atom is -0.481 e. The van der Waals surface area contributed by atoms with E-state index < -0.39 is 17.3 Å². The first-order valence-electron chi connectivity index (χ1n) is 7.95. The molecule has 2 fully saturated rings. The van der Waals surface area contributed by atoms with E-state index in [0.717, 1.165) is 5.75 Å². The first kappa shape index (κ1) is 15.6. The monoisotopic (exact) mass is 318 g/mol. The number of hydrogen-bond acceptors (Lipinski definition) is 3. The molecule has 5 atom stereocenters. The van der Waals surface area contributed by atoms with Crippen LogP contribution in [0, 0.1) is 17.3 Å². The molecular weight excluding hydrogens is 296 g/mol. The summed E-state index contributed by atoms with van der Waals surface area (Å²) in [7, 11) is 0. The van der Waals surface area contributed by atoms with Crippen molar-refractivity contribution in [2.75, 3.05) is 5.75 Å². The first-order valence-corrected chi connectivity index (χ1v) is 9.00. The van der Waals surface area contributed by atoms with Crippen LogP contribution in [0.4, 0.5) is 0 Å². The van der Waals surface area contributed by atoms with Crippen LogP contribution in [-0.2, 0) is 9.59 Å². The zero-order chi connectivity index (χ0) is 15.9. The van der Waals surface area contributed by atoms with E-state index >= 15 is 0 Å². The van der Waals surface area contributed by atoms with Crippen LogP contribution in [0.15, 0.2) is 30.3 Å². The minimum absolute atomic E-state index is 0.0514. The summed E-state index contributed by atoms with van der Waals surface area (Å²) in [5.74, 6) is 0.350. The number of aliphatic carboxylic acids is 1. The van der Waals surface area contributed by atoms with E-state index in [1.807, 2.05) is 25.1 Å². The topological polar surface area (TPSA) is 54.4 Å². The molecule has 1 aromatic rings. The first-order chi connectivity index (χ1) is 10.5. The molecule has 0 radical (unpaired) electrons. The molecule has 3 nitrogen and oxygen atoms in total. The standard InChI is InChI=1S/C18H22O3S/c1-3-18-14(19)9-13(15(18)16(18)17(20)21)22-10-11(2)12-7-5-4-6-8-12/h4-8,11,13,15-16H,3,9-10H2,1-2H3,(H,20,21). The van der Waals surface area contributed by atoms with Crippen molar-refractivity contribution < 1.29 is 14.7 Å². The van der Waals surface area contributed by atoms with Gasteiger partial charge in [-0.25, -0.2) is 0 Å². The molecule has 0 amide bonds. The Morgan fingerprint density at radius 2 is 2.09 bits per heavy atom. The lowest BCUT2D eigenvalue weighted by atomic mass is 9.95.